The molecular weight excluding hydrogens is 204 g/mol. The first kappa shape index (κ1) is 12.8. The van der Waals surface area contributed by atoms with Crippen LogP contribution in [0, 0.1) is 0 Å². The van der Waals surface area contributed by atoms with Crippen LogP contribution >= 0.6 is 0 Å². The van der Waals surface area contributed by atoms with Gasteiger partial charge < -0.3 is 15.2 Å². The third-order valence-corrected chi connectivity index (χ3v) is 2.95. The molecular formula is C12H20N2O2. The molecule has 0 bridgehead atoms. The highest BCUT2D eigenvalue weighted by molar-refractivity contribution is 5.51. The fourth-order valence-electron chi connectivity index (χ4n) is 1.10. The first-order valence-corrected chi connectivity index (χ1v) is 5.27. The topological polar surface area (TPSA) is 54.4 Å². The molecule has 90 valence electrons. The first-order chi connectivity index (χ1) is 7.28. The predicted molar refractivity (Wildman–Crippen MR) is 64.8 cm³/mol. The second kappa shape index (κ2) is 4.29. The summed E-state index contributed by atoms with van der Waals surface area (Å²) in [5.41, 5.74) is -1.37. The summed E-state index contributed by atoms with van der Waals surface area (Å²) in [6, 6.07) is 3.64. The summed E-state index contributed by atoms with van der Waals surface area (Å²) >= 11 is 0. The van der Waals surface area contributed by atoms with Crippen LogP contribution in [0.4, 0.5) is 5.82 Å². The average Bonchev–Trinajstić information content (AvgIpc) is 2.16. The van der Waals surface area contributed by atoms with Crippen LogP contribution in [0.25, 0.3) is 0 Å². The average molecular weight is 224 g/mol. The normalized spacial score (nSPS) is 12.4. The van der Waals surface area contributed by atoms with Crippen molar-refractivity contribution in [1.29, 1.82) is 0 Å². The van der Waals surface area contributed by atoms with Crippen molar-refractivity contribution in [3.05, 3.63) is 18.3 Å². The molecule has 0 radical (unpaired) electrons. The lowest BCUT2D eigenvalue weighted by atomic mass is 9.86. The molecule has 1 rings (SSSR count). The smallest absolute Gasteiger partial charge is 0.169 e. The molecule has 0 fully saturated rings. The van der Waals surface area contributed by atoms with Crippen molar-refractivity contribution in [1.82, 2.24) is 4.98 Å². The van der Waals surface area contributed by atoms with Gasteiger partial charge in [-0.25, -0.2) is 4.98 Å². The summed E-state index contributed by atoms with van der Waals surface area (Å²) < 4.78 is 5.20. The van der Waals surface area contributed by atoms with Crippen molar-refractivity contribution in [2.75, 3.05) is 12.4 Å². The molecule has 4 nitrogen and oxygen atoms in total. The van der Waals surface area contributed by atoms with E-state index in [1.807, 2.05) is 19.9 Å². The van der Waals surface area contributed by atoms with E-state index in [0.717, 1.165) is 0 Å². The molecule has 0 saturated carbocycles. The zero-order valence-corrected chi connectivity index (χ0v) is 10.5. The number of hydrogen-bond acceptors (Lipinski definition) is 4. The number of aromatic nitrogens is 1. The van der Waals surface area contributed by atoms with Crippen molar-refractivity contribution in [2.45, 2.75) is 38.8 Å². The molecule has 1 aromatic rings. The number of nitrogens with one attached hydrogen (secondary N) is 1. The standard InChI is InChI=1S/C12H20N2O2/c1-11(2,12(3,4)15)14-10-9(16-5)7-6-8-13-10/h6-8,15H,1-5H3,(H,13,14). The van der Waals surface area contributed by atoms with Crippen molar-refractivity contribution < 1.29 is 9.84 Å². The Kier molecular flexibility index (Phi) is 3.43. The Labute approximate surface area is 96.7 Å². The van der Waals surface area contributed by atoms with Gasteiger partial charge in [-0.2, -0.15) is 0 Å². The van der Waals surface area contributed by atoms with E-state index < -0.39 is 11.1 Å². The summed E-state index contributed by atoms with van der Waals surface area (Å²) in [4.78, 5) is 4.20. The summed E-state index contributed by atoms with van der Waals surface area (Å²) in [6.07, 6.45) is 1.69. The molecule has 0 spiro atoms. The number of aliphatic hydroxyl groups is 1. The number of ether oxygens (including phenoxy) is 1. The van der Waals surface area contributed by atoms with Gasteiger partial charge in [0.25, 0.3) is 0 Å². The SMILES string of the molecule is COc1cccnc1NC(C)(C)C(C)(C)O. The maximum atomic E-state index is 10.0. The van der Waals surface area contributed by atoms with E-state index in [0.29, 0.717) is 11.6 Å². The maximum absolute atomic E-state index is 10.0. The zero-order valence-electron chi connectivity index (χ0n) is 10.5. The van der Waals surface area contributed by atoms with E-state index in [9.17, 15) is 5.11 Å². The van der Waals surface area contributed by atoms with Crippen LogP contribution in [0.1, 0.15) is 27.7 Å². The fraction of sp³-hybridized carbons (Fsp3) is 0.583. The van der Waals surface area contributed by atoms with E-state index in [2.05, 4.69) is 10.3 Å². The summed E-state index contributed by atoms with van der Waals surface area (Å²) in [6.45, 7) is 7.35. The molecule has 0 aliphatic heterocycles. The van der Waals surface area contributed by atoms with Gasteiger partial charge in [0.05, 0.1) is 18.2 Å². The Bertz CT molecular complexity index is 356. The summed E-state index contributed by atoms with van der Waals surface area (Å²) in [5, 5.41) is 13.2. The molecule has 1 aromatic heterocycles. The molecule has 0 atom stereocenters. The molecule has 0 aliphatic carbocycles. The van der Waals surface area contributed by atoms with Crippen LogP contribution in [0.3, 0.4) is 0 Å². The summed E-state index contributed by atoms with van der Waals surface area (Å²) in [7, 11) is 1.60. The minimum absolute atomic E-state index is 0.505. The van der Waals surface area contributed by atoms with Crippen LogP contribution in [0.2, 0.25) is 0 Å². The number of pyridine rings is 1. The lowest BCUT2D eigenvalue weighted by Crippen LogP contribution is -2.51. The van der Waals surface area contributed by atoms with Gasteiger partial charge in [0.15, 0.2) is 11.6 Å². The van der Waals surface area contributed by atoms with Crippen molar-refractivity contribution in [2.24, 2.45) is 0 Å². The Balaban J connectivity index is 2.96. The Morgan fingerprint density at radius 1 is 1.31 bits per heavy atom. The van der Waals surface area contributed by atoms with E-state index in [1.165, 1.54) is 0 Å². The van der Waals surface area contributed by atoms with Gasteiger partial charge in [-0.15, -0.1) is 0 Å². The van der Waals surface area contributed by atoms with Gasteiger partial charge in [-0.05, 0) is 39.8 Å². The Morgan fingerprint density at radius 3 is 2.44 bits per heavy atom. The van der Waals surface area contributed by atoms with Crippen LogP contribution in [0.15, 0.2) is 18.3 Å². The number of nitrogens with zero attached hydrogens (tertiary/aromatic N) is 1. The maximum Gasteiger partial charge on any atom is 0.169 e. The third-order valence-electron chi connectivity index (χ3n) is 2.95. The largest absolute Gasteiger partial charge is 0.493 e. The van der Waals surface area contributed by atoms with Crippen molar-refractivity contribution in [3.8, 4) is 5.75 Å². The van der Waals surface area contributed by atoms with Gasteiger partial charge in [0.1, 0.15) is 0 Å². The first-order valence-electron chi connectivity index (χ1n) is 5.27. The number of anilines is 1. The predicted octanol–water partition coefficient (Wildman–Crippen LogP) is 2.05. The molecule has 2 N–H and O–H groups in total. The van der Waals surface area contributed by atoms with Crippen molar-refractivity contribution in [3.63, 3.8) is 0 Å². The Hall–Kier alpha value is -1.29. The molecule has 0 saturated heterocycles. The summed E-state index contributed by atoms with van der Waals surface area (Å²) in [5.74, 6) is 1.30. The number of hydrogen-bond donors (Lipinski definition) is 2. The van der Waals surface area contributed by atoms with E-state index >= 15 is 0 Å². The minimum atomic E-state index is -0.866. The quantitative estimate of drug-likeness (QED) is 0.822. The van der Waals surface area contributed by atoms with Crippen LogP contribution in [-0.4, -0.2) is 28.3 Å². The minimum Gasteiger partial charge on any atom is -0.493 e. The lowest BCUT2D eigenvalue weighted by Gasteiger charge is -2.38. The van der Waals surface area contributed by atoms with Gasteiger partial charge in [-0.3, -0.25) is 0 Å². The van der Waals surface area contributed by atoms with E-state index in [4.69, 9.17) is 4.74 Å². The fourth-order valence-corrected chi connectivity index (χ4v) is 1.10. The molecule has 4 heteroatoms. The van der Waals surface area contributed by atoms with Gasteiger partial charge in [-0.1, -0.05) is 0 Å². The molecule has 16 heavy (non-hydrogen) atoms. The third kappa shape index (κ3) is 2.64. The lowest BCUT2D eigenvalue weighted by molar-refractivity contribution is 0.0238. The van der Waals surface area contributed by atoms with Crippen molar-refractivity contribution >= 4 is 5.82 Å². The molecule has 0 amide bonds. The molecule has 1 heterocycles. The second-order valence-corrected chi connectivity index (χ2v) is 4.86. The van der Waals surface area contributed by atoms with Crippen LogP contribution in [0.5, 0.6) is 5.75 Å². The van der Waals surface area contributed by atoms with Gasteiger partial charge in [0, 0.05) is 6.20 Å². The van der Waals surface area contributed by atoms with Crippen LogP contribution in [-0.2, 0) is 0 Å². The number of rotatable bonds is 4. The Morgan fingerprint density at radius 2 is 1.94 bits per heavy atom. The van der Waals surface area contributed by atoms with Crippen LogP contribution < -0.4 is 10.1 Å². The highest BCUT2D eigenvalue weighted by Gasteiger charge is 2.35. The van der Waals surface area contributed by atoms with Gasteiger partial charge in [0.2, 0.25) is 0 Å². The monoisotopic (exact) mass is 224 g/mol. The highest BCUT2D eigenvalue weighted by atomic mass is 16.5. The second-order valence-electron chi connectivity index (χ2n) is 4.86. The number of methoxy groups -OCH3 is 1. The molecule has 0 unspecified atom stereocenters. The highest BCUT2D eigenvalue weighted by Crippen LogP contribution is 2.29. The van der Waals surface area contributed by atoms with E-state index in [1.54, 1.807) is 33.2 Å². The molecule has 0 aromatic carbocycles. The van der Waals surface area contributed by atoms with Gasteiger partial charge >= 0.3 is 0 Å². The zero-order chi connectivity index (χ0) is 12.4. The molecule has 0 aliphatic rings. The van der Waals surface area contributed by atoms with E-state index in [-0.39, 0.29) is 0 Å².